The fourth-order valence-corrected chi connectivity index (χ4v) is 3.29. The number of hydrogen-bond donors (Lipinski definition) is 1. The van der Waals surface area contributed by atoms with Gasteiger partial charge in [-0.25, -0.2) is 4.79 Å². The molecule has 0 saturated carbocycles. The highest BCUT2D eigenvalue weighted by molar-refractivity contribution is 6.30. The molecule has 0 aliphatic rings. The highest BCUT2D eigenvalue weighted by Crippen LogP contribution is 2.39. The zero-order chi connectivity index (χ0) is 21.9. The monoisotopic (exact) mass is 433 g/mol. The van der Waals surface area contributed by atoms with Crippen LogP contribution in [0.3, 0.4) is 0 Å². The first kappa shape index (κ1) is 21.9. The molecule has 0 saturated heterocycles. The molecule has 0 fully saturated rings. The summed E-state index contributed by atoms with van der Waals surface area (Å²) in [5, 5.41) is 0.451. The molecule has 0 heterocycles. The Kier molecular flexibility index (Phi) is 6.19. The van der Waals surface area contributed by atoms with Gasteiger partial charge in [0, 0.05) is 5.02 Å². The molecule has 0 bridgehead atoms. The Morgan fingerprint density at radius 3 is 1.97 bits per heavy atom. The van der Waals surface area contributed by atoms with Crippen molar-refractivity contribution < 1.29 is 22.7 Å². The van der Waals surface area contributed by atoms with E-state index in [-0.39, 0.29) is 0 Å². The number of carbonyl (C=O) groups excluding carboxylic acids is 1. The number of benzene rings is 3. The van der Waals surface area contributed by atoms with E-state index in [0.717, 1.165) is 11.1 Å². The molecular weight excluding hydrogens is 415 g/mol. The zero-order valence-electron chi connectivity index (χ0n) is 16.0. The number of halogens is 4. The molecule has 0 spiro atoms. The summed E-state index contributed by atoms with van der Waals surface area (Å²) in [7, 11) is 0. The van der Waals surface area contributed by atoms with Crippen LogP contribution < -0.4 is 5.73 Å². The van der Waals surface area contributed by atoms with Crippen LogP contribution in [0.4, 0.5) is 13.2 Å². The Labute approximate surface area is 177 Å². The largest absolute Gasteiger partial charge is 0.490 e. The van der Waals surface area contributed by atoms with Crippen molar-refractivity contribution in [3.63, 3.8) is 0 Å². The molecule has 2 unspecified atom stereocenters. The Morgan fingerprint density at radius 1 is 0.900 bits per heavy atom. The maximum Gasteiger partial charge on any atom is 0.490 e. The zero-order valence-corrected chi connectivity index (χ0v) is 16.7. The van der Waals surface area contributed by atoms with E-state index in [1.54, 1.807) is 48.5 Å². The summed E-state index contributed by atoms with van der Waals surface area (Å²) in [6.07, 6.45) is -5.15. The maximum absolute atomic E-state index is 13.0. The topological polar surface area (TPSA) is 52.3 Å². The Balaban J connectivity index is 2.02. The molecule has 0 radical (unpaired) electrons. The van der Waals surface area contributed by atoms with Crippen LogP contribution in [0.15, 0.2) is 78.9 Å². The fourth-order valence-electron chi connectivity index (χ4n) is 3.16. The van der Waals surface area contributed by atoms with Gasteiger partial charge in [0.2, 0.25) is 0 Å². The summed E-state index contributed by atoms with van der Waals surface area (Å²) in [4.78, 5) is 11.7. The second-order valence-electron chi connectivity index (χ2n) is 6.97. The van der Waals surface area contributed by atoms with Crippen molar-refractivity contribution in [1.82, 2.24) is 0 Å². The number of ether oxygens (including phenoxy) is 1. The smallest absolute Gasteiger partial charge is 0.446 e. The van der Waals surface area contributed by atoms with Gasteiger partial charge < -0.3 is 10.5 Å². The normalized spacial score (nSPS) is 14.6. The average Bonchev–Trinajstić information content (AvgIpc) is 2.73. The van der Waals surface area contributed by atoms with Gasteiger partial charge in [0.25, 0.3) is 0 Å². The number of alkyl halides is 3. The minimum atomic E-state index is -5.15. The van der Waals surface area contributed by atoms with E-state index in [2.05, 4.69) is 0 Å². The van der Waals surface area contributed by atoms with Crippen molar-refractivity contribution in [1.29, 1.82) is 0 Å². The van der Waals surface area contributed by atoms with E-state index in [1.807, 2.05) is 30.3 Å². The van der Waals surface area contributed by atoms with Crippen LogP contribution in [-0.4, -0.2) is 12.1 Å². The molecule has 0 amide bonds. The third-order valence-electron chi connectivity index (χ3n) is 4.92. The molecular formula is C23H19ClF3NO2. The number of rotatable bonds is 5. The van der Waals surface area contributed by atoms with Gasteiger partial charge in [-0.15, -0.1) is 0 Å². The first-order valence-corrected chi connectivity index (χ1v) is 9.46. The summed E-state index contributed by atoms with van der Waals surface area (Å²) < 4.78 is 43.9. The molecule has 3 rings (SSSR count). The molecule has 0 aromatic heterocycles. The van der Waals surface area contributed by atoms with E-state index in [4.69, 9.17) is 22.1 Å². The minimum Gasteiger partial charge on any atom is -0.446 e. The van der Waals surface area contributed by atoms with Crippen molar-refractivity contribution in [3.05, 3.63) is 95.0 Å². The quantitative estimate of drug-likeness (QED) is 0.500. The standard InChI is InChI=1S/C23H19ClF3NO2/c1-22(30-21(29)23(25,26)27,20(28)17-9-13-19(24)14-10-17)18-11-7-16(8-12-18)15-5-3-2-4-6-15/h2-14,20H,28H2,1H3. The van der Waals surface area contributed by atoms with E-state index in [0.29, 0.717) is 16.1 Å². The molecule has 0 aliphatic heterocycles. The van der Waals surface area contributed by atoms with Crippen LogP contribution in [0.5, 0.6) is 0 Å². The summed E-state index contributed by atoms with van der Waals surface area (Å²) in [6.45, 7) is 1.37. The number of hydrogen-bond acceptors (Lipinski definition) is 3. The molecule has 3 aromatic carbocycles. The molecule has 2 N–H and O–H groups in total. The van der Waals surface area contributed by atoms with Crippen LogP contribution in [0, 0.1) is 0 Å². The van der Waals surface area contributed by atoms with E-state index >= 15 is 0 Å². The van der Waals surface area contributed by atoms with Gasteiger partial charge in [-0.2, -0.15) is 13.2 Å². The molecule has 3 aromatic rings. The van der Waals surface area contributed by atoms with Gasteiger partial charge >= 0.3 is 12.1 Å². The lowest BCUT2D eigenvalue weighted by Crippen LogP contribution is -2.43. The van der Waals surface area contributed by atoms with Gasteiger partial charge in [-0.05, 0) is 41.3 Å². The van der Waals surface area contributed by atoms with Crippen molar-refractivity contribution >= 4 is 17.6 Å². The minimum absolute atomic E-state index is 0.335. The van der Waals surface area contributed by atoms with Gasteiger partial charge in [0.1, 0.15) is 0 Å². The van der Waals surface area contributed by atoms with Gasteiger partial charge in [-0.3, -0.25) is 0 Å². The van der Waals surface area contributed by atoms with Crippen molar-refractivity contribution in [2.24, 2.45) is 5.73 Å². The van der Waals surface area contributed by atoms with E-state index in [9.17, 15) is 18.0 Å². The van der Waals surface area contributed by atoms with E-state index < -0.39 is 23.8 Å². The third-order valence-corrected chi connectivity index (χ3v) is 5.18. The number of nitrogens with two attached hydrogens (primary N) is 1. The predicted octanol–water partition coefficient (Wildman–Crippen LogP) is 6.03. The molecule has 7 heteroatoms. The van der Waals surface area contributed by atoms with Crippen LogP contribution in [0.1, 0.15) is 24.1 Å². The average molecular weight is 434 g/mol. The molecule has 3 nitrogen and oxygen atoms in total. The van der Waals surface area contributed by atoms with Crippen LogP contribution in [0.25, 0.3) is 11.1 Å². The lowest BCUT2D eigenvalue weighted by atomic mass is 9.83. The summed E-state index contributed by atoms with van der Waals surface area (Å²) in [5.74, 6) is -2.30. The Bertz CT molecular complexity index is 1010. The predicted molar refractivity (Wildman–Crippen MR) is 110 cm³/mol. The Morgan fingerprint density at radius 2 is 1.43 bits per heavy atom. The second-order valence-corrected chi connectivity index (χ2v) is 7.40. The van der Waals surface area contributed by atoms with Crippen LogP contribution in [0.2, 0.25) is 5.02 Å². The van der Waals surface area contributed by atoms with Crippen molar-refractivity contribution in [3.8, 4) is 11.1 Å². The van der Waals surface area contributed by atoms with Gasteiger partial charge in [0.15, 0.2) is 5.60 Å². The number of carbonyl (C=O) groups is 1. The highest BCUT2D eigenvalue weighted by atomic mass is 35.5. The van der Waals surface area contributed by atoms with Gasteiger partial charge in [-0.1, -0.05) is 78.3 Å². The van der Waals surface area contributed by atoms with Crippen LogP contribution in [-0.2, 0) is 15.1 Å². The molecule has 2 atom stereocenters. The van der Waals surface area contributed by atoms with Gasteiger partial charge in [0.05, 0.1) is 6.04 Å². The van der Waals surface area contributed by atoms with Crippen molar-refractivity contribution in [2.75, 3.05) is 0 Å². The number of esters is 1. The van der Waals surface area contributed by atoms with Crippen molar-refractivity contribution in [2.45, 2.75) is 24.7 Å². The first-order valence-electron chi connectivity index (χ1n) is 9.08. The highest BCUT2D eigenvalue weighted by Gasteiger charge is 2.48. The molecule has 0 aliphatic carbocycles. The fraction of sp³-hybridized carbons (Fsp3) is 0.174. The second kappa shape index (κ2) is 8.50. The maximum atomic E-state index is 13.0. The Hall–Kier alpha value is -2.83. The SMILES string of the molecule is CC(OC(=O)C(F)(F)F)(c1ccc(-c2ccccc2)cc1)C(N)c1ccc(Cl)cc1. The third kappa shape index (κ3) is 4.66. The molecule has 30 heavy (non-hydrogen) atoms. The first-order chi connectivity index (χ1) is 14.1. The lowest BCUT2D eigenvalue weighted by Gasteiger charge is -2.36. The lowest BCUT2D eigenvalue weighted by molar-refractivity contribution is -0.216. The summed E-state index contributed by atoms with van der Waals surface area (Å²) in [5.41, 5.74) is 7.16. The molecule has 156 valence electrons. The summed E-state index contributed by atoms with van der Waals surface area (Å²) >= 11 is 5.89. The van der Waals surface area contributed by atoms with Crippen LogP contribution >= 0.6 is 11.6 Å². The summed E-state index contributed by atoms with van der Waals surface area (Å²) in [6, 6.07) is 21.5. The van der Waals surface area contributed by atoms with E-state index in [1.165, 1.54) is 6.92 Å².